The lowest BCUT2D eigenvalue weighted by atomic mass is 9.77. The van der Waals surface area contributed by atoms with Crippen molar-refractivity contribution in [3.05, 3.63) is 35.4 Å². The maximum Gasteiger partial charge on any atom is 0.271 e. The van der Waals surface area contributed by atoms with Gasteiger partial charge in [-0.25, -0.2) is 0 Å². The van der Waals surface area contributed by atoms with Gasteiger partial charge in [0, 0.05) is 0 Å². The van der Waals surface area contributed by atoms with E-state index in [-0.39, 0.29) is 0 Å². The summed E-state index contributed by atoms with van der Waals surface area (Å²) in [7, 11) is -4.04. The van der Waals surface area contributed by atoms with Gasteiger partial charge < -0.3 is 0 Å². The Morgan fingerprint density at radius 2 is 1.83 bits per heavy atom. The zero-order valence-corrected chi connectivity index (χ0v) is 15.2. The van der Waals surface area contributed by atoms with Gasteiger partial charge in [-0.2, -0.15) is 8.42 Å². The molecule has 0 spiro atoms. The molecule has 0 saturated heterocycles. The molecule has 1 atom stereocenters. The third kappa shape index (κ3) is 5.05. The minimum absolute atomic E-state index is 0.464. The molecule has 0 bridgehead atoms. The predicted molar refractivity (Wildman–Crippen MR) is 95.2 cm³/mol. The summed E-state index contributed by atoms with van der Waals surface area (Å²) in [6.07, 6.45) is 8.73. The van der Waals surface area contributed by atoms with Crippen molar-refractivity contribution in [1.29, 1.82) is 0 Å². The number of hydrogen-bond acceptors (Lipinski definition) is 2. The zero-order valence-electron chi connectivity index (χ0n) is 14.4. The lowest BCUT2D eigenvalue weighted by molar-refractivity contribution is 0.308. The second-order valence-electron chi connectivity index (χ2n) is 6.97. The molecule has 1 aliphatic rings. The SMILES string of the molecule is CCCC1CCC(c2cccc(C(CCC)S(=O)(=O)O)c2)CC1. The molecule has 1 aromatic rings. The highest BCUT2D eigenvalue weighted by Crippen LogP contribution is 2.38. The van der Waals surface area contributed by atoms with Crippen molar-refractivity contribution in [2.24, 2.45) is 5.92 Å². The van der Waals surface area contributed by atoms with E-state index >= 15 is 0 Å². The van der Waals surface area contributed by atoms with Gasteiger partial charge >= 0.3 is 0 Å². The standard InChI is InChI=1S/C19H30O3S/c1-3-6-15-10-12-16(13-11-15)17-8-5-9-18(14-17)19(7-4-2)23(20,21)22/h5,8-9,14-16,19H,3-4,6-7,10-13H2,1-2H3,(H,20,21,22). The Morgan fingerprint density at radius 3 is 2.39 bits per heavy atom. The molecule has 2 rings (SSSR count). The van der Waals surface area contributed by atoms with Gasteiger partial charge in [0.2, 0.25) is 0 Å². The van der Waals surface area contributed by atoms with Crippen LogP contribution in [0.1, 0.15) is 87.5 Å². The van der Waals surface area contributed by atoms with Gasteiger partial charge in [-0.05, 0) is 55.1 Å². The molecule has 0 radical (unpaired) electrons. The Kier molecular flexibility index (Phi) is 6.66. The Morgan fingerprint density at radius 1 is 1.13 bits per heavy atom. The van der Waals surface area contributed by atoms with E-state index in [9.17, 15) is 13.0 Å². The molecule has 3 nitrogen and oxygen atoms in total. The molecule has 0 heterocycles. The molecule has 1 fully saturated rings. The third-order valence-electron chi connectivity index (χ3n) is 5.21. The topological polar surface area (TPSA) is 54.4 Å². The normalized spacial score (nSPS) is 23.6. The minimum Gasteiger partial charge on any atom is -0.285 e. The van der Waals surface area contributed by atoms with Crippen LogP contribution in [0, 0.1) is 5.92 Å². The highest BCUT2D eigenvalue weighted by atomic mass is 32.2. The largest absolute Gasteiger partial charge is 0.285 e. The smallest absolute Gasteiger partial charge is 0.271 e. The van der Waals surface area contributed by atoms with Gasteiger partial charge in [0.1, 0.15) is 5.25 Å². The van der Waals surface area contributed by atoms with E-state index in [0.717, 1.165) is 17.9 Å². The number of benzene rings is 1. The maximum absolute atomic E-state index is 11.7. The first-order valence-corrected chi connectivity index (χ1v) is 10.5. The summed E-state index contributed by atoms with van der Waals surface area (Å²) in [6, 6.07) is 7.90. The number of rotatable bonds is 7. The molecule has 23 heavy (non-hydrogen) atoms. The predicted octanol–water partition coefficient (Wildman–Crippen LogP) is 5.49. The summed E-state index contributed by atoms with van der Waals surface area (Å²) in [5.74, 6) is 1.40. The monoisotopic (exact) mass is 338 g/mol. The Bertz CT molecular complexity index is 586. The van der Waals surface area contributed by atoms with Crippen molar-refractivity contribution in [2.75, 3.05) is 0 Å². The first kappa shape index (κ1) is 18.5. The van der Waals surface area contributed by atoms with Crippen LogP contribution in [-0.2, 0) is 10.1 Å². The second kappa shape index (κ2) is 8.29. The van der Waals surface area contributed by atoms with Crippen LogP contribution in [0.5, 0.6) is 0 Å². The van der Waals surface area contributed by atoms with Gasteiger partial charge in [-0.15, -0.1) is 0 Å². The van der Waals surface area contributed by atoms with Crippen LogP contribution in [0.4, 0.5) is 0 Å². The fourth-order valence-corrected chi connectivity index (χ4v) is 4.98. The lowest BCUT2D eigenvalue weighted by Gasteiger charge is -2.29. The Hall–Kier alpha value is -0.870. The average molecular weight is 339 g/mol. The van der Waals surface area contributed by atoms with Crippen molar-refractivity contribution in [2.45, 2.75) is 76.4 Å². The second-order valence-corrected chi connectivity index (χ2v) is 8.57. The van der Waals surface area contributed by atoms with Gasteiger partial charge in [-0.1, -0.05) is 57.4 Å². The maximum atomic E-state index is 11.7. The first-order valence-electron chi connectivity index (χ1n) is 9.01. The zero-order chi connectivity index (χ0) is 16.9. The van der Waals surface area contributed by atoms with Crippen molar-refractivity contribution in [3.8, 4) is 0 Å². The van der Waals surface area contributed by atoms with Crippen molar-refractivity contribution in [1.82, 2.24) is 0 Å². The molecule has 1 aliphatic carbocycles. The molecule has 1 aromatic carbocycles. The fraction of sp³-hybridized carbons (Fsp3) is 0.684. The van der Waals surface area contributed by atoms with E-state index < -0.39 is 15.4 Å². The molecule has 0 aromatic heterocycles. The van der Waals surface area contributed by atoms with E-state index in [1.54, 1.807) is 0 Å². The van der Waals surface area contributed by atoms with E-state index in [0.29, 0.717) is 12.3 Å². The average Bonchev–Trinajstić information content (AvgIpc) is 2.53. The van der Waals surface area contributed by atoms with Gasteiger partial charge in [0.25, 0.3) is 10.1 Å². The molecule has 4 heteroatoms. The minimum atomic E-state index is -4.04. The Labute approximate surface area is 141 Å². The molecule has 0 aliphatic heterocycles. The first-order chi connectivity index (χ1) is 11.0. The van der Waals surface area contributed by atoms with Crippen molar-refractivity contribution < 1.29 is 13.0 Å². The van der Waals surface area contributed by atoms with E-state index in [1.807, 2.05) is 25.1 Å². The van der Waals surface area contributed by atoms with Crippen LogP contribution >= 0.6 is 0 Å². The molecule has 130 valence electrons. The van der Waals surface area contributed by atoms with Crippen molar-refractivity contribution >= 4 is 10.1 Å². The number of hydrogen-bond donors (Lipinski definition) is 1. The summed E-state index contributed by atoms with van der Waals surface area (Å²) >= 11 is 0. The molecule has 1 N–H and O–H groups in total. The van der Waals surface area contributed by atoms with E-state index in [1.165, 1.54) is 44.1 Å². The summed E-state index contributed by atoms with van der Waals surface area (Å²) < 4.78 is 32.9. The summed E-state index contributed by atoms with van der Waals surface area (Å²) in [4.78, 5) is 0. The van der Waals surface area contributed by atoms with E-state index in [4.69, 9.17) is 0 Å². The van der Waals surface area contributed by atoms with Gasteiger partial charge in [0.15, 0.2) is 0 Å². The third-order valence-corrected chi connectivity index (χ3v) is 6.43. The summed E-state index contributed by atoms with van der Waals surface area (Å²) in [6.45, 7) is 4.19. The molecular weight excluding hydrogens is 308 g/mol. The summed E-state index contributed by atoms with van der Waals surface area (Å²) in [5.41, 5.74) is 1.98. The van der Waals surface area contributed by atoms with Crippen LogP contribution < -0.4 is 0 Å². The fourth-order valence-electron chi connectivity index (χ4n) is 3.96. The molecule has 0 amide bonds. The van der Waals surface area contributed by atoms with E-state index in [2.05, 4.69) is 13.0 Å². The van der Waals surface area contributed by atoms with Gasteiger partial charge in [-0.3, -0.25) is 4.55 Å². The van der Waals surface area contributed by atoms with Crippen LogP contribution in [0.15, 0.2) is 24.3 Å². The summed E-state index contributed by atoms with van der Waals surface area (Å²) in [5, 5.41) is -0.788. The van der Waals surface area contributed by atoms with Gasteiger partial charge in [0.05, 0.1) is 0 Å². The van der Waals surface area contributed by atoms with Crippen LogP contribution in [0.3, 0.4) is 0 Å². The quantitative estimate of drug-likeness (QED) is 0.669. The molecule has 1 unspecified atom stereocenters. The van der Waals surface area contributed by atoms with Crippen LogP contribution in [0.2, 0.25) is 0 Å². The highest BCUT2D eigenvalue weighted by Gasteiger charge is 2.26. The lowest BCUT2D eigenvalue weighted by Crippen LogP contribution is -2.15. The van der Waals surface area contributed by atoms with Crippen molar-refractivity contribution in [3.63, 3.8) is 0 Å². The molecule has 1 saturated carbocycles. The highest BCUT2D eigenvalue weighted by molar-refractivity contribution is 7.86. The van der Waals surface area contributed by atoms with Crippen LogP contribution in [-0.4, -0.2) is 13.0 Å². The van der Waals surface area contributed by atoms with Crippen LogP contribution in [0.25, 0.3) is 0 Å². The molecular formula is C19H30O3S. The Balaban J connectivity index is 2.14.